The zero-order valence-corrected chi connectivity index (χ0v) is 10.6. The molecule has 0 N–H and O–H groups in total. The van der Waals surface area contributed by atoms with Crippen LogP contribution in [-0.4, -0.2) is 16.9 Å². The highest BCUT2D eigenvalue weighted by atomic mass is 16.5. The number of pyridine rings is 1. The number of rotatable bonds is 4. The molecule has 0 saturated heterocycles. The van der Waals surface area contributed by atoms with Crippen molar-refractivity contribution in [2.24, 2.45) is 0 Å². The predicted molar refractivity (Wildman–Crippen MR) is 64.9 cm³/mol. The molecule has 0 aliphatic carbocycles. The molecule has 5 nitrogen and oxygen atoms in total. The minimum absolute atomic E-state index is 0.0880. The second kappa shape index (κ2) is 6.54. The third-order valence-electron chi connectivity index (χ3n) is 2.03. The third kappa shape index (κ3) is 4.37. The topological polar surface area (TPSA) is 65.5 Å². The van der Waals surface area contributed by atoms with E-state index in [1.54, 1.807) is 32.2 Å². The number of carbonyl (C=O) groups is 2. The van der Waals surface area contributed by atoms with E-state index < -0.39 is 11.9 Å². The van der Waals surface area contributed by atoms with Gasteiger partial charge in [-0.2, -0.15) is 0 Å². The summed E-state index contributed by atoms with van der Waals surface area (Å²) < 4.78 is 9.95. The van der Waals surface area contributed by atoms with Crippen molar-refractivity contribution in [1.82, 2.24) is 4.98 Å². The van der Waals surface area contributed by atoms with Crippen LogP contribution in [0.2, 0.25) is 0 Å². The molecule has 0 bridgehead atoms. The summed E-state index contributed by atoms with van der Waals surface area (Å²) >= 11 is 0. The maximum Gasteiger partial charge on any atom is 0.330 e. The largest absolute Gasteiger partial charge is 0.458 e. The maximum atomic E-state index is 11.1. The molecule has 1 aromatic rings. The van der Waals surface area contributed by atoms with Gasteiger partial charge in [0.15, 0.2) is 5.75 Å². The van der Waals surface area contributed by atoms with Crippen LogP contribution >= 0.6 is 0 Å². The van der Waals surface area contributed by atoms with Crippen molar-refractivity contribution < 1.29 is 19.1 Å². The van der Waals surface area contributed by atoms with Crippen LogP contribution in [-0.2, 0) is 20.9 Å². The number of ether oxygens (including phenoxy) is 2. The molecule has 0 fully saturated rings. The molecule has 0 aliphatic rings. The molecule has 1 aromatic heterocycles. The highest BCUT2D eigenvalue weighted by Crippen LogP contribution is 2.17. The Morgan fingerprint density at radius 1 is 1.44 bits per heavy atom. The van der Waals surface area contributed by atoms with Crippen molar-refractivity contribution in [3.8, 4) is 5.75 Å². The number of carbonyl (C=O) groups excluding carboxylic acids is 2. The van der Waals surface area contributed by atoms with Crippen LogP contribution in [0.25, 0.3) is 0 Å². The van der Waals surface area contributed by atoms with Crippen LogP contribution < -0.4 is 4.74 Å². The number of aromatic nitrogens is 1. The quantitative estimate of drug-likeness (QED) is 0.602. The first kappa shape index (κ1) is 13.9. The summed E-state index contributed by atoms with van der Waals surface area (Å²) in [6, 6.07) is 1.63. The van der Waals surface area contributed by atoms with Crippen molar-refractivity contribution in [3.05, 3.63) is 35.7 Å². The Labute approximate surface area is 105 Å². The van der Waals surface area contributed by atoms with E-state index in [2.05, 4.69) is 4.98 Å². The van der Waals surface area contributed by atoms with Crippen molar-refractivity contribution in [2.75, 3.05) is 0 Å². The van der Waals surface area contributed by atoms with Gasteiger partial charge in [0.1, 0.15) is 6.61 Å². The summed E-state index contributed by atoms with van der Waals surface area (Å²) in [7, 11) is 0. The lowest BCUT2D eigenvalue weighted by Crippen LogP contribution is -2.06. The van der Waals surface area contributed by atoms with Gasteiger partial charge in [0.05, 0.1) is 5.69 Å². The number of hydrogen-bond acceptors (Lipinski definition) is 5. The Kier molecular flexibility index (Phi) is 5.05. The molecular formula is C13H15NO4. The monoisotopic (exact) mass is 249 g/mol. The summed E-state index contributed by atoms with van der Waals surface area (Å²) in [5, 5.41) is 0. The number of hydrogen-bond donors (Lipinski definition) is 0. The molecule has 18 heavy (non-hydrogen) atoms. The van der Waals surface area contributed by atoms with E-state index >= 15 is 0 Å². The summed E-state index contributed by atoms with van der Waals surface area (Å²) in [6.07, 6.45) is 4.50. The molecule has 0 unspecified atom stereocenters. The van der Waals surface area contributed by atoms with E-state index in [9.17, 15) is 9.59 Å². The molecule has 0 aliphatic heterocycles. The molecular weight excluding hydrogens is 234 g/mol. The van der Waals surface area contributed by atoms with E-state index in [0.29, 0.717) is 17.0 Å². The Hall–Kier alpha value is -2.17. The van der Waals surface area contributed by atoms with Gasteiger partial charge < -0.3 is 9.47 Å². The van der Waals surface area contributed by atoms with Crippen LogP contribution in [0.4, 0.5) is 0 Å². The van der Waals surface area contributed by atoms with Crippen LogP contribution in [0.15, 0.2) is 24.4 Å². The Morgan fingerprint density at radius 3 is 2.78 bits per heavy atom. The lowest BCUT2D eigenvalue weighted by atomic mass is 10.2. The summed E-state index contributed by atoms with van der Waals surface area (Å²) in [4.78, 5) is 26.1. The SMILES string of the molecule is C/C=C/C(=O)OCc1cnc(C)c(OC(C)=O)c1. The molecule has 1 heterocycles. The van der Waals surface area contributed by atoms with Gasteiger partial charge in [-0.15, -0.1) is 0 Å². The maximum absolute atomic E-state index is 11.1. The normalized spacial score (nSPS) is 10.4. The lowest BCUT2D eigenvalue weighted by molar-refractivity contribution is -0.139. The van der Waals surface area contributed by atoms with Gasteiger partial charge in [-0.05, 0) is 19.9 Å². The minimum atomic E-state index is -0.424. The zero-order chi connectivity index (χ0) is 13.5. The van der Waals surface area contributed by atoms with Crippen molar-refractivity contribution >= 4 is 11.9 Å². The van der Waals surface area contributed by atoms with Crippen LogP contribution in [0, 0.1) is 6.92 Å². The number of nitrogens with zero attached hydrogens (tertiary/aromatic N) is 1. The fourth-order valence-corrected chi connectivity index (χ4v) is 1.23. The molecule has 0 radical (unpaired) electrons. The molecule has 5 heteroatoms. The first-order valence-corrected chi connectivity index (χ1v) is 5.46. The summed E-state index contributed by atoms with van der Waals surface area (Å²) in [5.74, 6) is -0.461. The predicted octanol–water partition coefficient (Wildman–Crippen LogP) is 1.93. The molecule has 0 amide bonds. The van der Waals surface area contributed by atoms with Gasteiger partial charge >= 0.3 is 11.9 Å². The van der Waals surface area contributed by atoms with Crippen molar-refractivity contribution in [3.63, 3.8) is 0 Å². The van der Waals surface area contributed by atoms with Gasteiger partial charge in [-0.25, -0.2) is 4.79 Å². The van der Waals surface area contributed by atoms with E-state index in [1.807, 2.05) is 0 Å². The Balaban J connectivity index is 2.72. The van der Waals surface area contributed by atoms with Crippen LogP contribution in [0.1, 0.15) is 25.1 Å². The van der Waals surface area contributed by atoms with Gasteiger partial charge in [-0.3, -0.25) is 9.78 Å². The van der Waals surface area contributed by atoms with Gasteiger partial charge in [0.2, 0.25) is 0 Å². The highest BCUT2D eigenvalue weighted by Gasteiger charge is 2.07. The second-order valence-corrected chi connectivity index (χ2v) is 3.63. The fourth-order valence-electron chi connectivity index (χ4n) is 1.23. The van der Waals surface area contributed by atoms with Crippen molar-refractivity contribution in [1.29, 1.82) is 0 Å². The average Bonchev–Trinajstić information content (AvgIpc) is 2.30. The zero-order valence-electron chi connectivity index (χ0n) is 10.6. The van der Waals surface area contributed by atoms with Gasteiger partial charge in [0, 0.05) is 24.8 Å². The van der Waals surface area contributed by atoms with Crippen LogP contribution in [0.3, 0.4) is 0 Å². The highest BCUT2D eigenvalue weighted by molar-refractivity contribution is 5.81. The van der Waals surface area contributed by atoms with Crippen molar-refractivity contribution in [2.45, 2.75) is 27.4 Å². The molecule has 0 saturated carbocycles. The Morgan fingerprint density at radius 2 is 2.17 bits per heavy atom. The molecule has 1 rings (SSSR count). The first-order chi connectivity index (χ1) is 8.52. The Bertz CT molecular complexity index is 480. The fraction of sp³-hybridized carbons (Fsp3) is 0.308. The van der Waals surface area contributed by atoms with Gasteiger partial charge in [0.25, 0.3) is 0 Å². The summed E-state index contributed by atoms with van der Waals surface area (Å²) in [6.45, 7) is 4.87. The lowest BCUT2D eigenvalue weighted by Gasteiger charge is -2.07. The number of aryl methyl sites for hydroxylation is 1. The number of allylic oxidation sites excluding steroid dienone is 1. The van der Waals surface area contributed by atoms with Gasteiger partial charge in [-0.1, -0.05) is 6.08 Å². The summed E-state index contributed by atoms with van der Waals surface area (Å²) in [5.41, 5.74) is 1.27. The second-order valence-electron chi connectivity index (χ2n) is 3.63. The standard InChI is InChI=1S/C13H15NO4/c1-4-5-13(16)17-8-11-6-12(18-10(3)15)9(2)14-7-11/h4-7H,8H2,1-3H3/b5-4+. The molecule has 96 valence electrons. The average molecular weight is 249 g/mol. The molecule has 0 atom stereocenters. The van der Waals surface area contributed by atoms with E-state index in [1.165, 1.54) is 13.0 Å². The van der Waals surface area contributed by atoms with Crippen LogP contribution in [0.5, 0.6) is 5.75 Å². The minimum Gasteiger partial charge on any atom is -0.458 e. The number of esters is 2. The smallest absolute Gasteiger partial charge is 0.330 e. The first-order valence-electron chi connectivity index (χ1n) is 5.46. The van der Waals surface area contributed by atoms with E-state index in [-0.39, 0.29) is 6.61 Å². The van der Waals surface area contributed by atoms with E-state index in [0.717, 1.165) is 0 Å². The third-order valence-corrected chi connectivity index (χ3v) is 2.03. The molecule has 0 aromatic carbocycles. The molecule has 0 spiro atoms. The van der Waals surface area contributed by atoms with E-state index in [4.69, 9.17) is 9.47 Å².